The first-order chi connectivity index (χ1) is 13.0. The van der Waals surface area contributed by atoms with Crippen LogP contribution in [0.2, 0.25) is 0 Å². The Bertz CT molecular complexity index is 1240. The van der Waals surface area contributed by atoms with Gasteiger partial charge in [0.05, 0.1) is 0 Å². The van der Waals surface area contributed by atoms with E-state index in [-0.39, 0.29) is 11.4 Å². The third-order valence-corrected chi connectivity index (χ3v) is 6.50. The third kappa shape index (κ3) is 3.47. The molecule has 4 nitrogen and oxygen atoms in total. The third-order valence-electron chi connectivity index (χ3n) is 4.05. The van der Waals surface area contributed by atoms with E-state index in [0.29, 0.717) is 25.2 Å². The quantitative estimate of drug-likeness (QED) is 0.269. The van der Waals surface area contributed by atoms with Crippen molar-refractivity contribution in [1.29, 1.82) is 0 Å². The molecule has 0 N–H and O–H groups in total. The molecule has 0 radical (unpaired) electrons. The zero-order chi connectivity index (χ0) is 19.0. The maximum absolute atomic E-state index is 13.4. The molecule has 136 valence electrons. The maximum atomic E-state index is 13.4. The van der Waals surface area contributed by atoms with Crippen molar-refractivity contribution in [3.05, 3.63) is 80.3 Å². The summed E-state index contributed by atoms with van der Waals surface area (Å²) in [5.41, 5.74) is 2.13. The number of rotatable bonds is 4. The van der Waals surface area contributed by atoms with Crippen LogP contribution in [0.4, 0.5) is 4.39 Å². The number of hydrogen-bond acceptors (Lipinski definition) is 5. The second kappa shape index (κ2) is 7.38. The van der Waals surface area contributed by atoms with Crippen LogP contribution in [0, 0.1) is 9.77 Å². The highest BCUT2D eigenvalue weighted by Crippen LogP contribution is 2.26. The molecule has 27 heavy (non-hydrogen) atoms. The van der Waals surface area contributed by atoms with Crippen molar-refractivity contribution in [2.24, 2.45) is 7.05 Å². The molecule has 0 aliphatic heterocycles. The molecule has 0 atom stereocenters. The van der Waals surface area contributed by atoms with E-state index in [1.165, 1.54) is 39.8 Å². The SMILES string of the molecule is Cn1c(SCc2cccc(F)c2)nc2c(sc(=S)n2-c2ccccc2)c1=O. The minimum absolute atomic E-state index is 0.132. The van der Waals surface area contributed by atoms with Crippen LogP contribution in [0.1, 0.15) is 5.56 Å². The second-order valence-corrected chi connectivity index (χ2v) is 8.46. The standard InChI is InChI=1S/C19H14FN3OS3/c1-22-17(24)15-16(23(19(25)27-15)14-8-3-2-4-9-14)21-18(22)26-11-12-6-5-7-13(20)10-12/h2-10H,11H2,1H3. The summed E-state index contributed by atoms with van der Waals surface area (Å²) in [6.07, 6.45) is 0. The Hall–Kier alpha value is -2.29. The first kappa shape index (κ1) is 18.1. The van der Waals surface area contributed by atoms with E-state index >= 15 is 0 Å². The van der Waals surface area contributed by atoms with Gasteiger partial charge in [-0.2, -0.15) is 0 Å². The Kier molecular flexibility index (Phi) is 4.94. The molecule has 4 aromatic rings. The van der Waals surface area contributed by atoms with Gasteiger partial charge in [0.15, 0.2) is 14.8 Å². The van der Waals surface area contributed by atoms with Crippen LogP contribution >= 0.6 is 35.3 Å². The molecular weight excluding hydrogens is 401 g/mol. The van der Waals surface area contributed by atoms with Crippen molar-refractivity contribution < 1.29 is 4.39 Å². The molecular formula is C19H14FN3OS3. The van der Waals surface area contributed by atoms with Gasteiger partial charge in [0.1, 0.15) is 10.5 Å². The monoisotopic (exact) mass is 415 g/mol. The lowest BCUT2D eigenvalue weighted by Crippen LogP contribution is -2.19. The fourth-order valence-electron chi connectivity index (χ4n) is 2.72. The summed E-state index contributed by atoms with van der Waals surface area (Å²) in [6, 6.07) is 16.0. The molecule has 0 saturated carbocycles. The highest BCUT2D eigenvalue weighted by Gasteiger charge is 2.16. The fourth-order valence-corrected chi connectivity index (χ4v) is 4.97. The minimum atomic E-state index is -0.277. The Morgan fingerprint density at radius 1 is 1.19 bits per heavy atom. The summed E-state index contributed by atoms with van der Waals surface area (Å²) < 4.78 is 17.8. The average Bonchev–Trinajstić information content (AvgIpc) is 3.00. The van der Waals surface area contributed by atoms with E-state index in [1.54, 1.807) is 13.1 Å². The van der Waals surface area contributed by atoms with Crippen molar-refractivity contribution in [3.8, 4) is 5.69 Å². The van der Waals surface area contributed by atoms with E-state index in [2.05, 4.69) is 0 Å². The zero-order valence-corrected chi connectivity index (χ0v) is 16.7. The number of thiazole rings is 1. The van der Waals surface area contributed by atoms with Gasteiger partial charge in [-0.05, 0) is 42.0 Å². The molecule has 2 heterocycles. The largest absolute Gasteiger partial charge is 0.289 e. The Morgan fingerprint density at radius 2 is 1.96 bits per heavy atom. The predicted molar refractivity (Wildman–Crippen MR) is 111 cm³/mol. The number of para-hydroxylation sites is 1. The lowest BCUT2D eigenvalue weighted by molar-refractivity contribution is 0.626. The van der Waals surface area contributed by atoms with Crippen LogP contribution in [0.25, 0.3) is 16.0 Å². The van der Waals surface area contributed by atoms with Crippen LogP contribution in [-0.4, -0.2) is 14.1 Å². The van der Waals surface area contributed by atoms with Gasteiger partial charge in [0.2, 0.25) is 0 Å². The first-order valence-corrected chi connectivity index (χ1v) is 10.3. The highest BCUT2D eigenvalue weighted by molar-refractivity contribution is 7.98. The molecule has 0 spiro atoms. The van der Waals surface area contributed by atoms with Crippen molar-refractivity contribution in [3.63, 3.8) is 0 Å². The minimum Gasteiger partial charge on any atom is -0.289 e. The number of benzene rings is 2. The van der Waals surface area contributed by atoms with E-state index in [0.717, 1.165) is 11.3 Å². The number of hydrogen-bond donors (Lipinski definition) is 0. The Labute approximate surface area is 167 Å². The van der Waals surface area contributed by atoms with Gasteiger partial charge in [0.25, 0.3) is 5.56 Å². The molecule has 2 aromatic heterocycles. The number of fused-ring (bicyclic) bond motifs is 1. The van der Waals surface area contributed by atoms with Gasteiger partial charge in [0, 0.05) is 18.5 Å². The summed E-state index contributed by atoms with van der Waals surface area (Å²) in [7, 11) is 1.69. The maximum Gasteiger partial charge on any atom is 0.273 e. The van der Waals surface area contributed by atoms with Gasteiger partial charge in [-0.1, -0.05) is 53.4 Å². The van der Waals surface area contributed by atoms with Crippen LogP contribution < -0.4 is 5.56 Å². The van der Waals surface area contributed by atoms with Gasteiger partial charge >= 0.3 is 0 Å². The number of nitrogens with zero attached hydrogens (tertiary/aromatic N) is 3. The van der Waals surface area contributed by atoms with E-state index in [4.69, 9.17) is 17.2 Å². The van der Waals surface area contributed by atoms with Crippen molar-refractivity contribution in [2.45, 2.75) is 10.9 Å². The summed E-state index contributed by atoms with van der Waals surface area (Å²) in [5.74, 6) is 0.237. The van der Waals surface area contributed by atoms with Gasteiger partial charge in [-0.15, -0.1) is 0 Å². The van der Waals surface area contributed by atoms with Crippen LogP contribution in [0.5, 0.6) is 0 Å². The highest BCUT2D eigenvalue weighted by atomic mass is 32.2. The molecule has 0 saturated heterocycles. The zero-order valence-electron chi connectivity index (χ0n) is 14.3. The van der Waals surface area contributed by atoms with Crippen molar-refractivity contribution in [2.75, 3.05) is 0 Å². The molecule has 0 unspecified atom stereocenters. The van der Waals surface area contributed by atoms with Gasteiger partial charge in [-0.3, -0.25) is 13.9 Å². The Morgan fingerprint density at radius 3 is 2.70 bits per heavy atom. The molecule has 8 heteroatoms. The van der Waals surface area contributed by atoms with Crippen LogP contribution in [0.15, 0.2) is 64.5 Å². The Balaban J connectivity index is 1.81. The molecule has 0 amide bonds. The van der Waals surface area contributed by atoms with E-state index in [9.17, 15) is 9.18 Å². The summed E-state index contributed by atoms with van der Waals surface area (Å²) >= 11 is 8.14. The molecule has 4 rings (SSSR count). The fraction of sp³-hybridized carbons (Fsp3) is 0.105. The van der Waals surface area contributed by atoms with E-state index < -0.39 is 0 Å². The number of thioether (sulfide) groups is 1. The normalized spacial score (nSPS) is 11.2. The van der Waals surface area contributed by atoms with Crippen LogP contribution in [0.3, 0.4) is 0 Å². The number of halogens is 1. The average molecular weight is 416 g/mol. The first-order valence-electron chi connectivity index (χ1n) is 8.10. The van der Waals surface area contributed by atoms with Crippen LogP contribution in [-0.2, 0) is 12.8 Å². The van der Waals surface area contributed by atoms with E-state index in [1.807, 2.05) is 41.0 Å². The molecule has 0 bridgehead atoms. The van der Waals surface area contributed by atoms with Crippen molar-refractivity contribution >= 4 is 45.7 Å². The topological polar surface area (TPSA) is 39.8 Å². The summed E-state index contributed by atoms with van der Waals surface area (Å²) in [5, 5.41) is 0.564. The molecule has 0 aliphatic carbocycles. The van der Waals surface area contributed by atoms with Crippen molar-refractivity contribution in [1.82, 2.24) is 14.1 Å². The summed E-state index contributed by atoms with van der Waals surface area (Å²) in [4.78, 5) is 17.5. The second-order valence-electron chi connectivity index (χ2n) is 5.87. The lowest BCUT2D eigenvalue weighted by Gasteiger charge is -2.09. The molecule has 0 fully saturated rings. The smallest absolute Gasteiger partial charge is 0.273 e. The van der Waals surface area contributed by atoms with Gasteiger partial charge in [-0.25, -0.2) is 9.37 Å². The number of aromatic nitrogens is 3. The van der Waals surface area contributed by atoms with Gasteiger partial charge < -0.3 is 0 Å². The predicted octanol–water partition coefficient (Wildman–Crippen LogP) is 4.95. The molecule has 0 aliphatic rings. The summed E-state index contributed by atoms with van der Waals surface area (Å²) in [6.45, 7) is 0. The molecule has 2 aromatic carbocycles. The lowest BCUT2D eigenvalue weighted by atomic mass is 10.2.